The van der Waals surface area contributed by atoms with E-state index in [1.165, 1.54) is 37.7 Å². The van der Waals surface area contributed by atoms with Crippen molar-refractivity contribution in [1.29, 1.82) is 0 Å². The fraction of sp³-hybridized carbons (Fsp3) is 0.667. The number of nitrogens with one attached hydrogen (secondary N) is 1. The van der Waals surface area contributed by atoms with Gasteiger partial charge in [-0.15, -0.1) is 0 Å². The predicted octanol–water partition coefficient (Wildman–Crippen LogP) is 3.68. The molecule has 0 aromatic heterocycles. The number of rotatable bonds is 9. The molecule has 1 atom stereocenters. The molecule has 0 bridgehead atoms. The van der Waals surface area contributed by atoms with Gasteiger partial charge in [-0.1, -0.05) is 49.6 Å². The van der Waals surface area contributed by atoms with E-state index in [0.717, 1.165) is 25.6 Å². The van der Waals surface area contributed by atoms with Crippen molar-refractivity contribution in [3.8, 4) is 0 Å². The summed E-state index contributed by atoms with van der Waals surface area (Å²) in [5, 5.41) is 3.67. The molecule has 1 fully saturated rings. The molecule has 1 N–H and O–H groups in total. The summed E-state index contributed by atoms with van der Waals surface area (Å²) in [6, 6.07) is 11.4. The SMILES string of the molecule is CC(CC1CCC1)NCCCN(C)Cc1ccccc1. The second-order valence-corrected chi connectivity index (χ2v) is 6.46. The van der Waals surface area contributed by atoms with Crippen LogP contribution in [0.4, 0.5) is 0 Å². The van der Waals surface area contributed by atoms with Crippen LogP contribution in [0.2, 0.25) is 0 Å². The minimum atomic E-state index is 0.694. The Morgan fingerprint density at radius 3 is 2.65 bits per heavy atom. The average molecular weight is 274 g/mol. The monoisotopic (exact) mass is 274 g/mol. The van der Waals surface area contributed by atoms with Crippen LogP contribution in [0.3, 0.4) is 0 Å². The van der Waals surface area contributed by atoms with Crippen LogP contribution in [0.15, 0.2) is 30.3 Å². The maximum Gasteiger partial charge on any atom is 0.0230 e. The molecule has 2 rings (SSSR count). The van der Waals surface area contributed by atoms with Crippen LogP contribution in [0, 0.1) is 5.92 Å². The van der Waals surface area contributed by atoms with Crippen LogP contribution in [0.25, 0.3) is 0 Å². The molecule has 1 aliphatic carbocycles. The van der Waals surface area contributed by atoms with Crippen molar-refractivity contribution in [2.75, 3.05) is 20.1 Å². The van der Waals surface area contributed by atoms with Crippen LogP contribution < -0.4 is 5.32 Å². The van der Waals surface area contributed by atoms with Gasteiger partial charge in [0.05, 0.1) is 0 Å². The van der Waals surface area contributed by atoms with E-state index in [2.05, 4.69) is 54.5 Å². The normalized spacial score (nSPS) is 17.1. The Kier molecular flexibility index (Phi) is 6.55. The maximum absolute atomic E-state index is 3.67. The van der Waals surface area contributed by atoms with Crippen molar-refractivity contribution in [1.82, 2.24) is 10.2 Å². The van der Waals surface area contributed by atoms with E-state index in [1.54, 1.807) is 0 Å². The molecule has 1 saturated carbocycles. The summed E-state index contributed by atoms with van der Waals surface area (Å²) in [7, 11) is 2.21. The zero-order chi connectivity index (χ0) is 14.2. The first kappa shape index (κ1) is 15.5. The largest absolute Gasteiger partial charge is 0.314 e. The molecular formula is C18H30N2. The first-order valence-electron chi connectivity index (χ1n) is 8.20. The Morgan fingerprint density at radius 1 is 1.25 bits per heavy atom. The van der Waals surface area contributed by atoms with Crippen molar-refractivity contribution in [3.05, 3.63) is 35.9 Å². The van der Waals surface area contributed by atoms with Crippen LogP contribution >= 0.6 is 0 Å². The van der Waals surface area contributed by atoms with Gasteiger partial charge in [0.2, 0.25) is 0 Å². The number of hydrogen-bond acceptors (Lipinski definition) is 2. The zero-order valence-electron chi connectivity index (χ0n) is 13.1. The molecule has 0 spiro atoms. The van der Waals surface area contributed by atoms with E-state index in [-0.39, 0.29) is 0 Å². The standard InChI is InChI=1S/C18H30N2/c1-16(14-17-10-6-11-17)19-12-7-13-20(2)15-18-8-4-3-5-9-18/h3-5,8-9,16-17,19H,6-7,10-15H2,1-2H3. The predicted molar refractivity (Wildman–Crippen MR) is 86.8 cm³/mol. The van der Waals surface area contributed by atoms with Gasteiger partial charge >= 0.3 is 0 Å². The summed E-state index contributed by atoms with van der Waals surface area (Å²) >= 11 is 0. The van der Waals surface area contributed by atoms with Gasteiger partial charge in [-0.3, -0.25) is 0 Å². The summed E-state index contributed by atoms with van der Waals surface area (Å²) in [5.74, 6) is 1.01. The molecule has 0 radical (unpaired) electrons. The Morgan fingerprint density at radius 2 is 2.00 bits per heavy atom. The van der Waals surface area contributed by atoms with Crippen LogP contribution in [0.5, 0.6) is 0 Å². The molecule has 112 valence electrons. The first-order chi connectivity index (χ1) is 9.74. The van der Waals surface area contributed by atoms with Crippen LogP contribution in [-0.4, -0.2) is 31.1 Å². The third-order valence-corrected chi connectivity index (χ3v) is 4.42. The molecular weight excluding hydrogens is 244 g/mol. The Hall–Kier alpha value is -0.860. The number of nitrogens with zero attached hydrogens (tertiary/aromatic N) is 1. The number of benzene rings is 1. The van der Waals surface area contributed by atoms with Crippen molar-refractivity contribution >= 4 is 0 Å². The lowest BCUT2D eigenvalue weighted by molar-refractivity contribution is 0.262. The van der Waals surface area contributed by atoms with E-state index < -0.39 is 0 Å². The molecule has 0 aliphatic heterocycles. The van der Waals surface area contributed by atoms with Gasteiger partial charge in [-0.25, -0.2) is 0 Å². The number of hydrogen-bond donors (Lipinski definition) is 1. The van der Waals surface area contributed by atoms with E-state index in [9.17, 15) is 0 Å². The zero-order valence-corrected chi connectivity index (χ0v) is 13.1. The van der Waals surface area contributed by atoms with Gasteiger partial charge in [0.1, 0.15) is 0 Å². The first-order valence-corrected chi connectivity index (χ1v) is 8.20. The third-order valence-electron chi connectivity index (χ3n) is 4.42. The van der Waals surface area contributed by atoms with Crippen molar-refractivity contribution in [2.24, 2.45) is 5.92 Å². The smallest absolute Gasteiger partial charge is 0.0230 e. The molecule has 0 amide bonds. The molecule has 1 aromatic carbocycles. The van der Waals surface area contributed by atoms with E-state index >= 15 is 0 Å². The molecule has 1 aromatic rings. The second kappa shape index (κ2) is 8.43. The molecule has 0 heterocycles. The summed E-state index contributed by atoms with van der Waals surface area (Å²) < 4.78 is 0. The molecule has 1 unspecified atom stereocenters. The lowest BCUT2D eigenvalue weighted by Crippen LogP contribution is -2.32. The summed E-state index contributed by atoms with van der Waals surface area (Å²) in [6.45, 7) is 5.70. The van der Waals surface area contributed by atoms with Gasteiger partial charge in [-0.2, -0.15) is 0 Å². The van der Waals surface area contributed by atoms with Gasteiger partial charge in [-0.05, 0) is 51.4 Å². The topological polar surface area (TPSA) is 15.3 Å². The van der Waals surface area contributed by atoms with Crippen LogP contribution in [-0.2, 0) is 6.54 Å². The van der Waals surface area contributed by atoms with E-state index in [0.29, 0.717) is 6.04 Å². The van der Waals surface area contributed by atoms with Crippen molar-refractivity contribution in [3.63, 3.8) is 0 Å². The quantitative estimate of drug-likeness (QED) is 0.691. The Bertz CT molecular complexity index is 359. The molecule has 0 saturated heterocycles. The lowest BCUT2D eigenvalue weighted by atomic mass is 9.81. The summed E-state index contributed by atoms with van der Waals surface area (Å²) in [4.78, 5) is 2.41. The fourth-order valence-electron chi connectivity index (χ4n) is 2.98. The highest BCUT2D eigenvalue weighted by atomic mass is 15.1. The maximum atomic E-state index is 3.67. The molecule has 1 aliphatic rings. The average Bonchev–Trinajstić information content (AvgIpc) is 2.40. The molecule has 20 heavy (non-hydrogen) atoms. The van der Waals surface area contributed by atoms with Gasteiger partial charge in [0.15, 0.2) is 0 Å². The second-order valence-electron chi connectivity index (χ2n) is 6.46. The Balaban J connectivity index is 1.51. The highest BCUT2D eigenvalue weighted by Crippen LogP contribution is 2.30. The fourth-order valence-corrected chi connectivity index (χ4v) is 2.98. The van der Waals surface area contributed by atoms with Crippen molar-refractivity contribution in [2.45, 2.75) is 51.6 Å². The minimum absolute atomic E-state index is 0.694. The highest BCUT2D eigenvalue weighted by molar-refractivity contribution is 5.14. The lowest BCUT2D eigenvalue weighted by Gasteiger charge is -2.28. The summed E-state index contributed by atoms with van der Waals surface area (Å²) in [6.07, 6.45) is 7.00. The van der Waals surface area contributed by atoms with E-state index in [4.69, 9.17) is 0 Å². The highest BCUT2D eigenvalue weighted by Gasteiger charge is 2.19. The van der Waals surface area contributed by atoms with Crippen LogP contribution in [0.1, 0.15) is 44.6 Å². The van der Waals surface area contributed by atoms with Gasteiger partial charge in [0, 0.05) is 12.6 Å². The third kappa shape index (κ3) is 5.64. The van der Waals surface area contributed by atoms with Gasteiger partial charge < -0.3 is 10.2 Å². The summed E-state index contributed by atoms with van der Waals surface area (Å²) in [5.41, 5.74) is 1.40. The minimum Gasteiger partial charge on any atom is -0.314 e. The van der Waals surface area contributed by atoms with Gasteiger partial charge in [0.25, 0.3) is 0 Å². The molecule has 2 nitrogen and oxygen atoms in total. The Labute approximate surface area is 124 Å². The molecule has 2 heteroatoms. The van der Waals surface area contributed by atoms with E-state index in [1.807, 2.05) is 0 Å². The van der Waals surface area contributed by atoms with Crippen molar-refractivity contribution < 1.29 is 0 Å².